The van der Waals surface area contributed by atoms with E-state index >= 15 is 0 Å². The van der Waals surface area contributed by atoms with Gasteiger partial charge in [-0.1, -0.05) is 0 Å². The monoisotopic (exact) mass is 293 g/mol. The lowest BCUT2D eigenvalue weighted by molar-refractivity contribution is -0.142. The molecule has 0 unspecified atom stereocenters. The molecule has 0 amide bonds. The highest BCUT2D eigenvalue weighted by molar-refractivity contribution is 9.10. The zero-order chi connectivity index (χ0) is 11.8. The molecule has 0 aliphatic rings. The molecule has 1 nitrogen and oxygen atoms in total. The summed E-state index contributed by atoms with van der Waals surface area (Å²) >= 11 is 2.40. The van der Waals surface area contributed by atoms with Crippen LogP contribution in [0.2, 0.25) is 0 Å². The van der Waals surface area contributed by atoms with Crippen molar-refractivity contribution in [2.45, 2.75) is 12.6 Å². The Morgan fingerprint density at radius 3 is 2.20 bits per heavy atom. The van der Waals surface area contributed by atoms with Crippen molar-refractivity contribution in [1.29, 1.82) is 0 Å². The van der Waals surface area contributed by atoms with E-state index in [9.17, 15) is 26.3 Å². The van der Waals surface area contributed by atoms with Crippen LogP contribution in [0.4, 0.5) is 26.3 Å². The van der Waals surface area contributed by atoms with Crippen molar-refractivity contribution in [3.05, 3.63) is 27.7 Å². The molecule has 84 valence electrons. The van der Waals surface area contributed by atoms with Gasteiger partial charge in [0.25, 0.3) is 6.43 Å². The van der Waals surface area contributed by atoms with Crippen LogP contribution in [0.25, 0.3) is 0 Å². The van der Waals surface area contributed by atoms with Crippen molar-refractivity contribution in [1.82, 2.24) is 4.98 Å². The molecule has 0 aliphatic carbocycles. The van der Waals surface area contributed by atoms with Crippen LogP contribution in [0, 0.1) is 5.82 Å². The summed E-state index contributed by atoms with van der Waals surface area (Å²) in [6.45, 7) is 0. The topological polar surface area (TPSA) is 12.9 Å². The molecule has 8 heteroatoms. The van der Waals surface area contributed by atoms with Gasteiger partial charge in [-0.05, 0) is 22.0 Å². The molecule has 0 fully saturated rings. The Balaban J connectivity index is 3.37. The summed E-state index contributed by atoms with van der Waals surface area (Å²) in [5, 5.41) is 0. The number of nitrogens with zero attached hydrogens (tertiary/aromatic N) is 1. The van der Waals surface area contributed by atoms with Gasteiger partial charge in [-0.25, -0.2) is 18.2 Å². The zero-order valence-corrected chi connectivity index (χ0v) is 8.33. The molecule has 1 aromatic rings. The largest absolute Gasteiger partial charge is 0.434 e. The second-order valence-corrected chi connectivity index (χ2v) is 3.34. The first-order valence-electron chi connectivity index (χ1n) is 3.44. The summed E-state index contributed by atoms with van der Waals surface area (Å²) in [4.78, 5) is 2.55. The lowest BCUT2D eigenvalue weighted by atomic mass is 10.3. The molecular formula is C7H2BrF6N. The quantitative estimate of drug-likeness (QED) is 0.715. The smallest absolute Gasteiger partial charge is 0.238 e. The second-order valence-electron chi connectivity index (χ2n) is 2.48. The van der Waals surface area contributed by atoms with Crippen molar-refractivity contribution >= 4 is 15.9 Å². The van der Waals surface area contributed by atoms with Crippen LogP contribution in [0.1, 0.15) is 17.8 Å². The van der Waals surface area contributed by atoms with E-state index in [0.29, 0.717) is 6.07 Å². The first kappa shape index (κ1) is 12.3. The Kier molecular flexibility index (Phi) is 3.27. The Bertz CT molecular complexity index is 374. The van der Waals surface area contributed by atoms with E-state index in [1.807, 2.05) is 0 Å². The first-order valence-corrected chi connectivity index (χ1v) is 4.24. The standard InChI is InChI=1S/C7H2BrF6N/c8-2-1-3(9)4(6(10)11)15-5(2)7(12,13)14/h1,6H. The van der Waals surface area contributed by atoms with Crippen LogP contribution in [-0.2, 0) is 6.18 Å². The number of halogens is 7. The van der Waals surface area contributed by atoms with Gasteiger partial charge in [-0.3, -0.25) is 0 Å². The van der Waals surface area contributed by atoms with E-state index in [1.54, 1.807) is 0 Å². The first-order chi connectivity index (χ1) is 6.73. The molecule has 0 N–H and O–H groups in total. The molecule has 1 heterocycles. The molecule has 0 saturated heterocycles. The van der Waals surface area contributed by atoms with E-state index in [1.165, 1.54) is 0 Å². The summed E-state index contributed by atoms with van der Waals surface area (Å²) in [7, 11) is 0. The van der Waals surface area contributed by atoms with Crippen LogP contribution in [-0.4, -0.2) is 4.98 Å². The maximum atomic E-state index is 12.7. The maximum absolute atomic E-state index is 12.7. The average molecular weight is 294 g/mol. The van der Waals surface area contributed by atoms with Crippen molar-refractivity contribution in [3.8, 4) is 0 Å². The van der Waals surface area contributed by atoms with Gasteiger partial charge in [0.2, 0.25) is 0 Å². The third-order valence-corrected chi connectivity index (χ3v) is 2.04. The molecule has 0 atom stereocenters. The van der Waals surface area contributed by atoms with E-state index in [0.717, 1.165) is 0 Å². The molecule has 0 aromatic carbocycles. The average Bonchev–Trinajstić information content (AvgIpc) is 2.00. The van der Waals surface area contributed by atoms with Crippen molar-refractivity contribution in [2.24, 2.45) is 0 Å². The van der Waals surface area contributed by atoms with Gasteiger partial charge >= 0.3 is 6.18 Å². The number of hydrogen-bond acceptors (Lipinski definition) is 1. The fourth-order valence-corrected chi connectivity index (χ4v) is 1.35. The number of hydrogen-bond donors (Lipinski definition) is 0. The molecule has 0 saturated carbocycles. The van der Waals surface area contributed by atoms with E-state index < -0.39 is 34.3 Å². The van der Waals surface area contributed by atoms with Crippen molar-refractivity contribution < 1.29 is 26.3 Å². The van der Waals surface area contributed by atoms with Crippen LogP contribution >= 0.6 is 15.9 Å². The van der Waals surface area contributed by atoms with E-state index in [4.69, 9.17) is 0 Å². The predicted octanol–water partition coefficient (Wildman–Crippen LogP) is 3.94. The van der Waals surface area contributed by atoms with Crippen molar-refractivity contribution in [3.63, 3.8) is 0 Å². The summed E-state index contributed by atoms with van der Waals surface area (Å²) in [5.41, 5.74) is -3.08. The molecule has 0 radical (unpaired) electrons. The molecule has 15 heavy (non-hydrogen) atoms. The van der Waals surface area contributed by atoms with Gasteiger partial charge in [-0.15, -0.1) is 0 Å². The van der Waals surface area contributed by atoms with Gasteiger partial charge in [0.15, 0.2) is 11.5 Å². The molecule has 0 bridgehead atoms. The molecule has 0 spiro atoms. The molecule has 1 rings (SSSR count). The van der Waals surface area contributed by atoms with Gasteiger partial charge in [0.1, 0.15) is 5.69 Å². The van der Waals surface area contributed by atoms with Gasteiger partial charge in [0, 0.05) is 0 Å². The number of aromatic nitrogens is 1. The number of pyridine rings is 1. The van der Waals surface area contributed by atoms with E-state index in [-0.39, 0.29) is 0 Å². The molecule has 0 aliphatic heterocycles. The van der Waals surface area contributed by atoms with E-state index in [2.05, 4.69) is 20.9 Å². The normalized spacial score (nSPS) is 12.3. The van der Waals surface area contributed by atoms with Crippen LogP contribution in [0.5, 0.6) is 0 Å². The minimum Gasteiger partial charge on any atom is -0.238 e. The number of rotatable bonds is 1. The minimum absolute atomic E-state index is 0.317. The fourth-order valence-electron chi connectivity index (χ4n) is 0.833. The predicted molar refractivity (Wildman–Crippen MR) is 41.9 cm³/mol. The SMILES string of the molecule is Fc1cc(Br)c(C(F)(F)F)nc1C(F)F. The van der Waals surface area contributed by atoms with Gasteiger partial charge in [0.05, 0.1) is 4.47 Å². The van der Waals surface area contributed by atoms with Crippen LogP contribution in [0.3, 0.4) is 0 Å². The fraction of sp³-hybridized carbons (Fsp3) is 0.286. The lowest BCUT2D eigenvalue weighted by Gasteiger charge is -2.10. The lowest BCUT2D eigenvalue weighted by Crippen LogP contribution is -2.12. The minimum atomic E-state index is -4.91. The second kappa shape index (κ2) is 3.99. The zero-order valence-electron chi connectivity index (χ0n) is 6.75. The van der Waals surface area contributed by atoms with Gasteiger partial charge in [-0.2, -0.15) is 13.2 Å². The highest BCUT2D eigenvalue weighted by Gasteiger charge is 2.36. The summed E-state index contributed by atoms with van der Waals surface area (Å²) in [5.74, 6) is -1.48. The Morgan fingerprint density at radius 1 is 1.27 bits per heavy atom. The van der Waals surface area contributed by atoms with Crippen molar-refractivity contribution in [2.75, 3.05) is 0 Å². The summed E-state index contributed by atoms with van der Waals surface area (Å²) < 4.78 is 72.6. The summed E-state index contributed by atoms with van der Waals surface area (Å²) in [6.07, 6.45) is -8.30. The Morgan fingerprint density at radius 2 is 1.80 bits per heavy atom. The molecular weight excluding hydrogens is 292 g/mol. The maximum Gasteiger partial charge on any atom is 0.434 e. The highest BCUT2D eigenvalue weighted by Crippen LogP contribution is 2.35. The molecule has 1 aromatic heterocycles. The Labute approximate surface area is 88.2 Å². The van der Waals surface area contributed by atoms with Crippen LogP contribution < -0.4 is 0 Å². The number of alkyl halides is 5. The van der Waals surface area contributed by atoms with Crippen LogP contribution in [0.15, 0.2) is 10.5 Å². The van der Waals surface area contributed by atoms with Gasteiger partial charge < -0.3 is 0 Å². The third kappa shape index (κ3) is 2.61. The Hall–Kier alpha value is -0.790. The summed E-state index contributed by atoms with van der Waals surface area (Å²) in [6, 6.07) is 0.317. The third-order valence-electron chi connectivity index (χ3n) is 1.43. The highest BCUT2D eigenvalue weighted by atomic mass is 79.9.